The van der Waals surface area contributed by atoms with Crippen LogP contribution in [0.2, 0.25) is 0 Å². The van der Waals surface area contributed by atoms with E-state index in [1.54, 1.807) is 0 Å². The molecule has 2 aliphatic heterocycles. The van der Waals surface area contributed by atoms with Gasteiger partial charge in [-0.1, -0.05) is 6.07 Å². The molecule has 1 saturated heterocycles. The van der Waals surface area contributed by atoms with E-state index in [0.29, 0.717) is 6.42 Å². The molecular weight excluding hydrogens is 250 g/mol. The highest BCUT2D eigenvalue weighted by Crippen LogP contribution is 2.32. The summed E-state index contributed by atoms with van der Waals surface area (Å²) in [7, 11) is -2.93. The van der Waals surface area contributed by atoms with Gasteiger partial charge >= 0.3 is 0 Å². The minimum Gasteiger partial charge on any atom is -0.486 e. The van der Waals surface area contributed by atoms with Crippen LogP contribution in [0.5, 0.6) is 5.75 Å². The molecule has 1 atom stereocenters. The number of rotatable bonds is 2. The van der Waals surface area contributed by atoms with Crippen molar-refractivity contribution in [2.75, 3.05) is 23.4 Å². The first kappa shape index (κ1) is 11.8. The van der Waals surface area contributed by atoms with Gasteiger partial charge in [0, 0.05) is 24.7 Å². The summed E-state index contributed by atoms with van der Waals surface area (Å²) in [5, 5.41) is 3.30. The quantitative estimate of drug-likeness (QED) is 0.884. The average Bonchev–Trinajstić information content (AvgIpc) is 2.82. The SMILES string of the molecule is CC1(Oc2ccc3c(c2)NCC3)CCS(=O)(=O)C1. The lowest BCUT2D eigenvalue weighted by atomic mass is 10.1. The molecule has 98 valence electrons. The number of nitrogens with one attached hydrogen (secondary N) is 1. The van der Waals surface area contributed by atoms with Crippen molar-refractivity contribution in [3.63, 3.8) is 0 Å². The molecule has 1 aromatic rings. The van der Waals surface area contributed by atoms with Crippen molar-refractivity contribution in [1.29, 1.82) is 0 Å². The number of ether oxygens (including phenoxy) is 1. The van der Waals surface area contributed by atoms with E-state index in [1.165, 1.54) is 5.56 Å². The summed E-state index contributed by atoms with van der Waals surface area (Å²) >= 11 is 0. The number of fused-ring (bicyclic) bond motifs is 1. The highest BCUT2D eigenvalue weighted by atomic mass is 32.2. The van der Waals surface area contributed by atoms with Crippen molar-refractivity contribution in [2.24, 2.45) is 0 Å². The van der Waals surface area contributed by atoms with Crippen LogP contribution in [0.25, 0.3) is 0 Å². The second-order valence-corrected chi connectivity index (χ2v) is 7.57. The lowest BCUT2D eigenvalue weighted by Gasteiger charge is -2.24. The lowest BCUT2D eigenvalue weighted by Crippen LogP contribution is -2.33. The Balaban J connectivity index is 1.81. The molecule has 0 amide bonds. The van der Waals surface area contributed by atoms with Crippen LogP contribution >= 0.6 is 0 Å². The zero-order valence-corrected chi connectivity index (χ0v) is 11.2. The molecule has 2 aliphatic rings. The summed E-state index contributed by atoms with van der Waals surface area (Å²) in [6, 6.07) is 5.96. The molecule has 4 nitrogen and oxygen atoms in total. The van der Waals surface area contributed by atoms with Gasteiger partial charge in [0.15, 0.2) is 9.84 Å². The zero-order chi connectivity index (χ0) is 12.8. The fourth-order valence-electron chi connectivity index (χ4n) is 2.68. The van der Waals surface area contributed by atoms with Crippen LogP contribution < -0.4 is 10.1 Å². The summed E-state index contributed by atoms with van der Waals surface area (Å²) < 4.78 is 29.0. The Hall–Kier alpha value is -1.23. The highest BCUT2D eigenvalue weighted by molar-refractivity contribution is 7.91. The smallest absolute Gasteiger partial charge is 0.154 e. The second kappa shape index (κ2) is 3.88. The number of sulfone groups is 1. The lowest BCUT2D eigenvalue weighted by molar-refractivity contribution is 0.117. The standard InChI is InChI=1S/C13H17NO3S/c1-13(5-7-18(15,16)9-13)17-11-3-2-10-4-6-14-12(10)8-11/h2-3,8,14H,4-7,9H2,1H3. The minimum absolute atomic E-state index is 0.116. The number of anilines is 1. The minimum atomic E-state index is -2.93. The molecule has 2 heterocycles. The van der Waals surface area contributed by atoms with Gasteiger partial charge in [-0.25, -0.2) is 8.42 Å². The van der Waals surface area contributed by atoms with Crippen molar-refractivity contribution in [2.45, 2.75) is 25.4 Å². The Bertz CT molecular complexity index is 582. The topological polar surface area (TPSA) is 55.4 Å². The van der Waals surface area contributed by atoms with Gasteiger partial charge in [0.2, 0.25) is 0 Å². The summed E-state index contributed by atoms with van der Waals surface area (Å²) in [6.07, 6.45) is 1.61. The molecule has 18 heavy (non-hydrogen) atoms. The molecule has 1 unspecified atom stereocenters. The number of benzene rings is 1. The van der Waals surface area contributed by atoms with E-state index in [0.717, 1.165) is 24.4 Å². The predicted octanol–water partition coefficient (Wildman–Crippen LogP) is 1.61. The molecule has 0 bridgehead atoms. The van der Waals surface area contributed by atoms with Gasteiger partial charge in [0.1, 0.15) is 11.4 Å². The Labute approximate surface area is 107 Å². The molecule has 0 radical (unpaired) electrons. The van der Waals surface area contributed by atoms with Crippen molar-refractivity contribution >= 4 is 15.5 Å². The molecule has 1 fully saturated rings. The Morgan fingerprint density at radius 1 is 1.39 bits per heavy atom. The van der Waals surface area contributed by atoms with E-state index in [2.05, 4.69) is 11.4 Å². The van der Waals surface area contributed by atoms with E-state index in [-0.39, 0.29) is 11.5 Å². The van der Waals surface area contributed by atoms with Gasteiger partial charge in [-0.05, 0) is 25.0 Å². The zero-order valence-electron chi connectivity index (χ0n) is 10.4. The maximum absolute atomic E-state index is 11.5. The molecule has 1 aromatic carbocycles. The van der Waals surface area contributed by atoms with Crippen molar-refractivity contribution < 1.29 is 13.2 Å². The van der Waals surface area contributed by atoms with Crippen LogP contribution in [0.15, 0.2) is 18.2 Å². The van der Waals surface area contributed by atoms with E-state index in [1.807, 2.05) is 19.1 Å². The van der Waals surface area contributed by atoms with Crippen molar-refractivity contribution in [3.05, 3.63) is 23.8 Å². The van der Waals surface area contributed by atoms with E-state index >= 15 is 0 Å². The molecule has 5 heteroatoms. The van der Waals surface area contributed by atoms with E-state index < -0.39 is 15.4 Å². The summed E-state index contributed by atoms with van der Waals surface area (Å²) in [4.78, 5) is 0. The molecular formula is C13H17NO3S. The number of hydrogen-bond acceptors (Lipinski definition) is 4. The third kappa shape index (κ3) is 2.19. The predicted molar refractivity (Wildman–Crippen MR) is 70.9 cm³/mol. The fraction of sp³-hybridized carbons (Fsp3) is 0.538. The van der Waals surface area contributed by atoms with E-state index in [9.17, 15) is 8.42 Å². The van der Waals surface area contributed by atoms with Gasteiger partial charge in [0.05, 0.1) is 11.5 Å². The van der Waals surface area contributed by atoms with Gasteiger partial charge < -0.3 is 10.1 Å². The summed E-state index contributed by atoms with van der Waals surface area (Å²) in [5.41, 5.74) is 1.83. The van der Waals surface area contributed by atoms with Gasteiger partial charge in [-0.3, -0.25) is 0 Å². The van der Waals surface area contributed by atoms with Crippen LogP contribution in [0, 0.1) is 0 Å². The number of hydrogen-bond donors (Lipinski definition) is 1. The molecule has 0 aliphatic carbocycles. The van der Waals surface area contributed by atoms with Crippen LogP contribution in [-0.4, -0.2) is 32.1 Å². The molecule has 0 saturated carbocycles. The Morgan fingerprint density at radius 3 is 2.94 bits per heavy atom. The normalized spacial score (nSPS) is 28.7. The molecule has 3 rings (SSSR count). The molecule has 0 aromatic heterocycles. The maximum Gasteiger partial charge on any atom is 0.154 e. The van der Waals surface area contributed by atoms with Crippen molar-refractivity contribution in [3.8, 4) is 5.75 Å². The fourth-order valence-corrected chi connectivity index (χ4v) is 4.70. The van der Waals surface area contributed by atoms with Gasteiger partial charge in [-0.2, -0.15) is 0 Å². The van der Waals surface area contributed by atoms with Crippen LogP contribution in [0.3, 0.4) is 0 Å². The van der Waals surface area contributed by atoms with Crippen LogP contribution in [0.4, 0.5) is 5.69 Å². The third-order valence-corrected chi connectivity index (χ3v) is 5.50. The van der Waals surface area contributed by atoms with Gasteiger partial charge in [-0.15, -0.1) is 0 Å². The molecule has 0 spiro atoms. The van der Waals surface area contributed by atoms with E-state index in [4.69, 9.17) is 4.74 Å². The van der Waals surface area contributed by atoms with Gasteiger partial charge in [0.25, 0.3) is 0 Å². The van der Waals surface area contributed by atoms with Crippen LogP contribution in [-0.2, 0) is 16.3 Å². The summed E-state index contributed by atoms with van der Waals surface area (Å²) in [6.45, 7) is 2.84. The van der Waals surface area contributed by atoms with Crippen LogP contribution in [0.1, 0.15) is 18.9 Å². The Kier molecular flexibility index (Phi) is 2.55. The van der Waals surface area contributed by atoms with Crippen molar-refractivity contribution in [1.82, 2.24) is 0 Å². The Morgan fingerprint density at radius 2 is 2.22 bits per heavy atom. The molecule has 1 N–H and O–H groups in total. The largest absolute Gasteiger partial charge is 0.486 e. The first-order chi connectivity index (χ1) is 8.46. The first-order valence-electron chi connectivity index (χ1n) is 6.22. The summed E-state index contributed by atoms with van der Waals surface area (Å²) in [5.74, 6) is 1.10. The average molecular weight is 267 g/mol. The maximum atomic E-state index is 11.5. The first-order valence-corrected chi connectivity index (χ1v) is 8.04. The monoisotopic (exact) mass is 267 g/mol. The highest BCUT2D eigenvalue weighted by Gasteiger charge is 2.40. The second-order valence-electron chi connectivity index (χ2n) is 5.39. The third-order valence-electron chi connectivity index (χ3n) is 3.62.